The maximum Gasteiger partial charge on any atom is 0.254 e. The van der Waals surface area contributed by atoms with Gasteiger partial charge < -0.3 is 19.5 Å². The lowest BCUT2D eigenvalue weighted by Crippen LogP contribution is -2.38. The zero-order chi connectivity index (χ0) is 18.9. The van der Waals surface area contributed by atoms with Gasteiger partial charge in [0, 0.05) is 32.6 Å². The van der Waals surface area contributed by atoms with E-state index in [0.717, 1.165) is 12.1 Å². The fraction of sp³-hybridized carbons (Fsp3) is 0.400. The van der Waals surface area contributed by atoms with Crippen molar-refractivity contribution in [2.45, 2.75) is 19.9 Å². The van der Waals surface area contributed by atoms with E-state index in [-0.39, 0.29) is 18.2 Å². The molecule has 1 N–H and O–H groups in total. The number of nitrogens with one attached hydrogen (secondary N) is 1. The standard InChI is InChI=1S/C20H27N3O3/c1-16-18(10-14-26-16)20(25)21-11-9-19(24)23(13-12-22(2)3)15-17-7-5-4-6-8-17/h4-8,10,14H,9,11-13,15H2,1-3H3,(H,21,25). The van der Waals surface area contributed by atoms with Crippen LogP contribution < -0.4 is 5.32 Å². The number of amides is 2. The Morgan fingerprint density at radius 3 is 2.42 bits per heavy atom. The minimum absolute atomic E-state index is 0.0277. The third-order valence-electron chi connectivity index (χ3n) is 4.11. The number of nitrogens with zero attached hydrogens (tertiary/aromatic N) is 2. The number of furan rings is 1. The molecule has 2 rings (SSSR count). The van der Waals surface area contributed by atoms with Crippen LogP contribution in [-0.2, 0) is 11.3 Å². The van der Waals surface area contributed by atoms with Crippen LogP contribution in [0.5, 0.6) is 0 Å². The normalized spacial score (nSPS) is 10.8. The van der Waals surface area contributed by atoms with Gasteiger partial charge in [-0.2, -0.15) is 0 Å². The second-order valence-corrected chi connectivity index (χ2v) is 6.50. The van der Waals surface area contributed by atoms with E-state index in [1.54, 1.807) is 13.0 Å². The fourth-order valence-electron chi connectivity index (χ4n) is 2.57. The zero-order valence-electron chi connectivity index (χ0n) is 15.7. The summed E-state index contributed by atoms with van der Waals surface area (Å²) in [5.74, 6) is 0.386. The van der Waals surface area contributed by atoms with Gasteiger partial charge in [0.1, 0.15) is 5.76 Å². The largest absolute Gasteiger partial charge is 0.469 e. The smallest absolute Gasteiger partial charge is 0.254 e. The molecule has 0 unspecified atom stereocenters. The Kier molecular flexibility index (Phi) is 7.41. The van der Waals surface area contributed by atoms with E-state index in [9.17, 15) is 9.59 Å². The second-order valence-electron chi connectivity index (χ2n) is 6.50. The van der Waals surface area contributed by atoms with Crippen molar-refractivity contribution in [2.75, 3.05) is 33.7 Å². The van der Waals surface area contributed by atoms with E-state index < -0.39 is 0 Å². The SMILES string of the molecule is Cc1occc1C(=O)NCCC(=O)N(CCN(C)C)Cc1ccccc1. The van der Waals surface area contributed by atoms with Crippen LogP contribution in [0, 0.1) is 6.92 Å². The molecule has 0 radical (unpaired) electrons. The van der Waals surface area contributed by atoms with Crippen molar-refractivity contribution in [3.05, 3.63) is 59.5 Å². The Morgan fingerprint density at radius 2 is 1.81 bits per heavy atom. The van der Waals surface area contributed by atoms with Gasteiger partial charge in [-0.15, -0.1) is 0 Å². The molecular weight excluding hydrogens is 330 g/mol. The number of hydrogen-bond acceptors (Lipinski definition) is 4. The molecule has 2 amide bonds. The molecule has 0 spiro atoms. The van der Waals surface area contributed by atoms with Crippen LogP contribution >= 0.6 is 0 Å². The Bertz CT molecular complexity index is 710. The predicted octanol–water partition coefficient (Wildman–Crippen LogP) is 2.30. The summed E-state index contributed by atoms with van der Waals surface area (Å²) < 4.78 is 5.13. The lowest BCUT2D eigenvalue weighted by Gasteiger charge is -2.24. The fourth-order valence-corrected chi connectivity index (χ4v) is 2.57. The van der Waals surface area contributed by atoms with E-state index in [1.807, 2.05) is 49.3 Å². The Balaban J connectivity index is 1.88. The average Bonchev–Trinajstić information content (AvgIpc) is 3.05. The number of benzene rings is 1. The third-order valence-corrected chi connectivity index (χ3v) is 4.11. The maximum absolute atomic E-state index is 12.6. The summed E-state index contributed by atoms with van der Waals surface area (Å²) in [4.78, 5) is 28.6. The highest BCUT2D eigenvalue weighted by Gasteiger charge is 2.16. The van der Waals surface area contributed by atoms with Crippen LogP contribution in [-0.4, -0.2) is 55.3 Å². The van der Waals surface area contributed by atoms with Crippen molar-refractivity contribution in [1.29, 1.82) is 0 Å². The van der Waals surface area contributed by atoms with Gasteiger partial charge in [-0.05, 0) is 32.6 Å². The first-order valence-corrected chi connectivity index (χ1v) is 8.76. The lowest BCUT2D eigenvalue weighted by molar-refractivity contribution is -0.131. The molecule has 1 heterocycles. The average molecular weight is 357 g/mol. The second kappa shape index (κ2) is 9.77. The molecule has 0 atom stereocenters. The molecule has 1 aromatic carbocycles. The Morgan fingerprint density at radius 1 is 1.08 bits per heavy atom. The van der Waals surface area contributed by atoms with Crippen LogP contribution in [0.15, 0.2) is 47.1 Å². The van der Waals surface area contributed by atoms with Gasteiger partial charge >= 0.3 is 0 Å². The highest BCUT2D eigenvalue weighted by atomic mass is 16.3. The van der Waals surface area contributed by atoms with E-state index in [1.165, 1.54) is 6.26 Å². The van der Waals surface area contributed by atoms with Crippen LogP contribution in [0.4, 0.5) is 0 Å². The number of carbonyl (C=O) groups excluding carboxylic acids is 2. The molecule has 0 bridgehead atoms. The molecule has 0 aliphatic carbocycles. The first-order valence-electron chi connectivity index (χ1n) is 8.76. The van der Waals surface area contributed by atoms with Crippen molar-refractivity contribution in [3.8, 4) is 0 Å². The topological polar surface area (TPSA) is 65.8 Å². The van der Waals surface area contributed by atoms with E-state index in [0.29, 0.717) is 31.0 Å². The summed E-state index contributed by atoms with van der Waals surface area (Å²) >= 11 is 0. The molecule has 2 aromatic rings. The first-order chi connectivity index (χ1) is 12.5. The van der Waals surface area contributed by atoms with Crippen molar-refractivity contribution < 1.29 is 14.0 Å². The van der Waals surface area contributed by atoms with Gasteiger partial charge in [0.2, 0.25) is 5.91 Å². The van der Waals surface area contributed by atoms with Gasteiger partial charge in [-0.1, -0.05) is 30.3 Å². The molecule has 6 heteroatoms. The van der Waals surface area contributed by atoms with Gasteiger partial charge in [-0.3, -0.25) is 9.59 Å². The van der Waals surface area contributed by atoms with Gasteiger partial charge in [0.25, 0.3) is 5.91 Å². The zero-order valence-corrected chi connectivity index (χ0v) is 15.7. The molecule has 0 saturated carbocycles. The van der Waals surface area contributed by atoms with Crippen molar-refractivity contribution in [1.82, 2.24) is 15.1 Å². The van der Waals surface area contributed by atoms with Crippen molar-refractivity contribution in [3.63, 3.8) is 0 Å². The molecule has 140 valence electrons. The summed E-state index contributed by atoms with van der Waals surface area (Å²) in [6.07, 6.45) is 1.75. The maximum atomic E-state index is 12.6. The molecule has 26 heavy (non-hydrogen) atoms. The highest BCUT2D eigenvalue weighted by Crippen LogP contribution is 2.09. The molecular formula is C20H27N3O3. The molecule has 0 fully saturated rings. The summed E-state index contributed by atoms with van der Waals surface area (Å²) in [5, 5.41) is 2.78. The first kappa shape index (κ1) is 19.7. The van der Waals surface area contributed by atoms with Crippen LogP contribution in [0.1, 0.15) is 28.1 Å². The predicted molar refractivity (Wildman–Crippen MR) is 101 cm³/mol. The van der Waals surface area contributed by atoms with Gasteiger partial charge in [-0.25, -0.2) is 0 Å². The molecule has 0 aliphatic rings. The number of aryl methyl sites for hydroxylation is 1. The van der Waals surface area contributed by atoms with Crippen molar-refractivity contribution >= 4 is 11.8 Å². The third kappa shape index (κ3) is 6.04. The molecule has 1 aromatic heterocycles. The summed E-state index contributed by atoms with van der Waals surface area (Å²) in [6, 6.07) is 11.6. The molecule has 0 aliphatic heterocycles. The molecule has 6 nitrogen and oxygen atoms in total. The monoisotopic (exact) mass is 357 g/mol. The van der Waals surface area contributed by atoms with Crippen LogP contribution in [0.3, 0.4) is 0 Å². The lowest BCUT2D eigenvalue weighted by atomic mass is 10.2. The number of rotatable bonds is 9. The summed E-state index contributed by atoms with van der Waals surface area (Å²) in [7, 11) is 3.97. The summed E-state index contributed by atoms with van der Waals surface area (Å²) in [5.41, 5.74) is 1.60. The minimum Gasteiger partial charge on any atom is -0.469 e. The highest BCUT2D eigenvalue weighted by molar-refractivity contribution is 5.95. The minimum atomic E-state index is -0.216. The van der Waals surface area contributed by atoms with Crippen LogP contribution in [0.2, 0.25) is 0 Å². The van der Waals surface area contributed by atoms with Gasteiger partial charge in [0.05, 0.1) is 11.8 Å². The van der Waals surface area contributed by atoms with Crippen molar-refractivity contribution in [2.24, 2.45) is 0 Å². The Labute approximate surface area is 154 Å². The molecule has 0 saturated heterocycles. The van der Waals surface area contributed by atoms with E-state index in [4.69, 9.17) is 4.42 Å². The number of hydrogen-bond donors (Lipinski definition) is 1. The summed E-state index contributed by atoms with van der Waals surface area (Å²) in [6.45, 7) is 4.05. The number of carbonyl (C=O) groups is 2. The number of likely N-dealkylation sites (N-methyl/N-ethyl adjacent to an activating group) is 1. The van der Waals surface area contributed by atoms with Gasteiger partial charge in [0.15, 0.2) is 0 Å². The Hall–Kier alpha value is -2.60. The van der Waals surface area contributed by atoms with E-state index in [2.05, 4.69) is 10.2 Å². The van der Waals surface area contributed by atoms with Crippen LogP contribution in [0.25, 0.3) is 0 Å². The van der Waals surface area contributed by atoms with E-state index >= 15 is 0 Å². The quantitative estimate of drug-likeness (QED) is 0.748.